The fourth-order valence-corrected chi connectivity index (χ4v) is 6.25. The van der Waals surface area contributed by atoms with Gasteiger partial charge in [0.25, 0.3) is 0 Å². The van der Waals surface area contributed by atoms with Crippen LogP contribution in [-0.2, 0) is 37.3 Å². The number of hydrogen-bond acceptors (Lipinski definition) is 10. The Morgan fingerprint density at radius 2 is 1.80 bits per heavy atom. The van der Waals surface area contributed by atoms with Crippen molar-refractivity contribution >= 4 is 29.9 Å². The van der Waals surface area contributed by atoms with Crippen molar-refractivity contribution in [1.82, 2.24) is 14.8 Å². The van der Waals surface area contributed by atoms with Crippen molar-refractivity contribution in [2.75, 3.05) is 0 Å². The van der Waals surface area contributed by atoms with Gasteiger partial charge in [0.05, 0.1) is 0 Å². The normalized spacial score (nSPS) is 32.3. The van der Waals surface area contributed by atoms with Crippen LogP contribution in [0.25, 0.3) is 0 Å². The van der Waals surface area contributed by atoms with Gasteiger partial charge in [-0.3, -0.25) is 9.89 Å². The van der Waals surface area contributed by atoms with Crippen LogP contribution in [-0.4, -0.2) is 87.2 Å². The Labute approximate surface area is 240 Å². The molecule has 222 valence electrons. The van der Waals surface area contributed by atoms with E-state index in [0.717, 1.165) is 10.1 Å². The molecule has 2 bridgehead atoms. The highest BCUT2D eigenvalue weighted by atomic mass is 32.1. The first kappa shape index (κ1) is 30.7. The number of aliphatic hydroxyl groups excluding tert-OH is 2. The molecule has 0 radical (unpaired) electrons. The van der Waals surface area contributed by atoms with Gasteiger partial charge in [0.2, 0.25) is 11.2 Å². The first-order chi connectivity index (χ1) is 19.1. The number of hydrogen-bond donors (Lipinski definition) is 6. The van der Waals surface area contributed by atoms with Crippen molar-refractivity contribution in [1.29, 1.82) is 0 Å². The van der Waals surface area contributed by atoms with Gasteiger partial charge in [-0.2, -0.15) is 5.10 Å². The molecule has 4 rings (SSSR count). The van der Waals surface area contributed by atoms with Gasteiger partial charge in [0, 0.05) is 19.4 Å². The maximum Gasteiger partial charge on any atom is 0.342 e. The number of ketones is 1. The van der Waals surface area contributed by atoms with Gasteiger partial charge < -0.3 is 39.6 Å². The quantitative estimate of drug-likeness (QED) is 0.160. The van der Waals surface area contributed by atoms with Crippen molar-refractivity contribution in [3.8, 4) is 0 Å². The maximum atomic E-state index is 12.7. The second kappa shape index (κ2) is 10.9. The molecule has 2 saturated heterocycles. The Morgan fingerprint density at radius 3 is 2.32 bits per heavy atom. The van der Waals surface area contributed by atoms with E-state index >= 15 is 0 Å². The second-order valence-electron chi connectivity index (χ2n) is 10.8. The summed E-state index contributed by atoms with van der Waals surface area (Å²) in [6, 6.07) is 9.54. The summed E-state index contributed by atoms with van der Waals surface area (Å²) in [5.74, 6) is -7.74. The molecule has 3 heterocycles. The number of nitrogens with zero attached hydrogens (tertiary/aromatic N) is 2. The van der Waals surface area contributed by atoms with E-state index in [0.29, 0.717) is 12.0 Å². The number of Topliss-reactive ketones (excluding diaryl/α,β-unsaturated/α-hetero) is 1. The van der Waals surface area contributed by atoms with Crippen molar-refractivity contribution in [2.24, 2.45) is 18.9 Å². The van der Waals surface area contributed by atoms with Crippen molar-refractivity contribution < 1.29 is 49.4 Å². The molecule has 8 atom stereocenters. The molecule has 0 unspecified atom stereocenters. The number of allylic oxidation sites excluding steroid dienone is 1. The Balaban J connectivity index is 1.71. The van der Waals surface area contributed by atoms with Crippen molar-refractivity contribution in [3.63, 3.8) is 0 Å². The van der Waals surface area contributed by atoms with Gasteiger partial charge in [0.1, 0.15) is 18.0 Å². The van der Waals surface area contributed by atoms with E-state index in [1.54, 1.807) is 0 Å². The molecule has 2 fully saturated rings. The van der Waals surface area contributed by atoms with Gasteiger partial charge in [-0.25, -0.2) is 9.59 Å². The van der Waals surface area contributed by atoms with Crippen molar-refractivity contribution in [2.45, 2.75) is 68.4 Å². The zero-order valence-electron chi connectivity index (χ0n) is 22.7. The number of fused-ring (bicyclic) bond motifs is 2. The van der Waals surface area contributed by atoms with Crippen LogP contribution in [0.4, 0.5) is 0 Å². The van der Waals surface area contributed by atoms with Crippen LogP contribution in [0.1, 0.15) is 44.2 Å². The maximum absolute atomic E-state index is 12.7. The van der Waals surface area contributed by atoms with E-state index in [-0.39, 0.29) is 35.1 Å². The van der Waals surface area contributed by atoms with E-state index in [2.05, 4.69) is 16.8 Å². The molecule has 6 N–H and O–H groups in total. The number of aliphatic carboxylic acids is 2. The lowest BCUT2D eigenvalue weighted by Crippen LogP contribution is -2.74. The van der Waals surface area contributed by atoms with E-state index in [9.17, 15) is 39.9 Å². The van der Waals surface area contributed by atoms with Crippen molar-refractivity contribution in [3.05, 3.63) is 58.6 Å². The molecule has 2 aromatic rings. The molecule has 0 saturated carbocycles. The molecular weight excluding hydrogens is 558 g/mol. The zero-order valence-corrected chi connectivity index (χ0v) is 23.5. The van der Waals surface area contributed by atoms with Crippen LogP contribution in [0.5, 0.6) is 0 Å². The number of carboxylic acids is 2. The standard InChI is InChI=1S/C27H33N3O10S/c1-13(17(15(3)31)14(2)12-16-8-6-5-7-9-16)10-11-25-18(32)19(33)27(40-25,23(36)37)26(38,22(34)35)20(39-25)21-28-29-24(41)30(21)4/h5-9,14,17-20,32-33,38H,1,10-12H2,2-4H3,(H,29,41)(H,34,35)(H,36,37)/t14-,17-,18-,19-,20-,25+,26-,27+/m1/s1. The molecule has 1 aromatic heterocycles. The van der Waals surface area contributed by atoms with Crippen LogP contribution in [0.15, 0.2) is 42.5 Å². The van der Waals surface area contributed by atoms with Gasteiger partial charge >= 0.3 is 11.9 Å². The van der Waals surface area contributed by atoms with Crippen LogP contribution >= 0.6 is 12.2 Å². The second-order valence-corrected chi connectivity index (χ2v) is 11.2. The number of carbonyl (C=O) groups excluding carboxylic acids is 1. The first-order valence-corrected chi connectivity index (χ1v) is 13.3. The SMILES string of the molecule is C=C(CC[C@]12O[C@H](c3n[nH]c(=S)n3C)[C@@](O)(C(=O)O)[C@](C(=O)O)(O1)[C@H](O)[C@H]2O)[C@@H](C(C)=O)[C@H](C)Cc1ccccc1. The average molecular weight is 592 g/mol. The minimum Gasteiger partial charge on any atom is -0.479 e. The Bertz CT molecular complexity index is 1430. The van der Waals surface area contributed by atoms with Gasteiger partial charge in [-0.15, -0.1) is 0 Å². The molecule has 13 nitrogen and oxygen atoms in total. The number of aromatic nitrogens is 3. The number of carbonyl (C=O) groups is 3. The molecule has 2 aliphatic heterocycles. The number of H-pyrrole nitrogens is 1. The predicted octanol–water partition coefficient (Wildman–Crippen LogP) is 1.06. The van der Waals surface area contributed by atoms with Crippen LogP contribution in [0.3, 0.4) is 0 Å². The first-order valence-electron chi connectivity index (χ1n) is 12.9. The van der Waals surface area contributed by atoms with Gasteiger partial charge in [-0.05, 0) is 43.5 Å². The summed E-state index contributed by atoms with van der Waals surface area (Å²) in [4.78, 5) is 37.8. The number of nitrogens with one attached hydrogen (secondary N) is 1. The lowest BCUT2D eigenvalue weighted by Gasteiger charge is -2.49. The smallest absolute Gasteiger partial charge is 0.342 e. The number of benzene rings is 1. The lowest BCUT2D eigenvalue weighted by atomic mass is 9.74. The van der Waals surface area contributed by atoms with E-state index in [4.69, 9.17) is 21.7 Å². The fourth-order valence-electron chi connectivity index (χ4n) is 6.11. The summed E-state index contributed by atoms with van der Waals surface area (Å²) in [7, 11) is 1.38. The molecule has 14 heteroatoms. The highest BCUT2D eigenvalue weighted by Gasteiger charge is 2.84. The third kappa shape index (κ3) is 4.64. The average Bonchev–Trinajstić information content (AvgIpc) is 3.34. The summed E-state index contributed by atoms with van der Waals surface area (Å²) < 4.78 is 12.7. The molecule has 0 aliphatic carbocycles. The Morgan fingerprint density at radius 1 is 1.17 bits per heavy atom. The minimum atomic E-state index is -3.46. The Kier molecular flexibility index (Phi) is 8.12. The molecule has 1 aromatic carbocycles. The number of aliphatic hydroxyl groups is 3. The Hall–Kier alpha value is -3.27. The van der Waals surface area contributed by atoms with E-state index < -0.39 is 53.2 Å². The van der Waals surface area contributed by atoms with Crippen LogP contribution in [0, 0.1) is 16.6 Å². The number of rotatable bonds is 11. The summed E-state index contributed by atoms with van der Waals surface area (Å²) in [6.07, 6.45) is -6.44. The third-order valence-electron chi connectivity index (χ3n) is 8.20. The van der Waals surface area contributed by atoms with Crippen LogP contribution < -0.4 is 0 Å². The molecule has 2 aliphatic rings. The highest BCUT2D eigenvalue weighted by Crippen LogP contribution is 2.58. The molecule has 41 heavy (non-hydrogen) atoms. The minimum absolute atomic E-state index is 0.000203. The summed E-state index contributed by atoms with van der Waals surface area (Å²) in [5.41, 5.74) is -5.28. The highest BCUT2D eigenvalue weighted by molar-refractivity contribution is 7.71. The fraction of sp³-hybridized carbons (Fsp3) is 0.519. The zero-order chi connectivity index (χ0) is 30.5. The molecule has 0 spiro atoms. The van der Waals surface area contributed by atoms with Crippen LogP contribution in [0.2, 0.25) is 0 Å². The monoisotopic (exact) mass is 591 g/mol. The van der Waals surface area contributed by atoms with E-state index in [1.165, 1.54) is 14.0 Å². The summed E-state index contributed by atoms with van der Waals surface area (Å²) in [6.45, 7) is 7.41. The number of carboxylic acid groups (broad SMARTS) is 2. The number of aromatic amines is 1. The lowest BCUT2D eigenvalue weighted by molar-refractivity contribution is -0.384. The topological polar surface area (TPSA) is 204 Å². The summed E-state index contributed by atoms with van der Waals surface area (Å²) >= 11 is 5.09. The largest absolute Gasteiger partial charge is 0.479 e. The molecule has 0 amide bonds. The summed E-state index contributed by atoms with van der Waals surface area (Å²) in [5, 5.41) is 60.2. The van der Waals surface area contributed by atoms with E-state index in [1.807, 2.05) is 37.3 Å². The molecular formula is C27H33N3O10S. The number of ether oxygens (including phenoxy) is 2. The predicted molar refractivity (Wildman–Crippen MR) is 143 cm³/mol. The van der Waals surface area contributed by atoms with Gasteiger partial charge in [-0.1, -0.05) is 49.4 Å². The van der Waals surface area contributed by atoms with Gasteiger partial charge in [0.15, 0.2) is 22.5 Å². The third-order valence-corrected chi connectivity index (χ3v) is 8.56.